The van der Waals surface area contributed by atoms with Gasteiger partial charge in [-0.25, -0.2) is 0 Å². The van der Waals surface area contributed by atoms with Crippen LogP contribution in [0.2, 0.25) is 0 Å². The van der Waals surface area contributed by atoms with Gasteiger partial charge in [0.15, 0.2) is 0 Å². The van der Waals surface area contributed by atoms with Gasteiger partial charge >= 0.3 is 0 Å². The summed E-state index contributed by atoms with van der Waals surface area (Å²) < 4.78 is 5.52. The second-order valence-electron chi connectivity index (χ2n) is 3.86. The van der Waals surface area contributed by atoms with Crippen LogP contribution in [0.25, 0.3) is 0 Å². The first-order valence-corrected chi connectivity index (χ1v) is 5.87. The van der Waals surface area contributed by atoms with Gasteiger partial charge in [0.1, 0.15) is 5.75 Å². The molecule has 0 aliphatic heterocycles. The molecule has 1 atom stereocenters. The molecule has 1 rings (SSSR count). The second-order valence-corrected chi connectivity index (χ2v) is 3.86. The average Bonchev–Trinajstić information content (AvgIpc) is 2.34. The van der Waals surface area contributed by atoms with Gasteiger partial charge in [-0.1, -0.05) is 19.1 Å². The second kappa shape index (κ2) is 7.25. The number of hydrogen-bond donors (Lipinski definition) is 2. The highest BCUT2D eigenvalue weighted by Crippen LogP contribution is 2.18. The zero-order valence-corrected chi connectivity index (χ0v) is 9.86. The van der Waals surface area contributed by atoms with E-state index in [-0.39, 0.29) is 12.6 Å². The molecule has 1 aromatic carbocycles. The maximum absolute atomic E-state index is 8.62. The van der Waals surface area contributed by atoms with Crippen LogP contribution in [0.5, 0.6) is 5.75 Å². The minimum Gasteiger partial charge on any atom is -0.494 e. The summed E-state index contributed by atoms with van der Waals surface area (Å²) in [5.41, 5.74) is 7.06. The van der Waals surface area contributed by atoms with Crippen LogP contribution in [0.1, 0.15) is 37.8 Å². The SMILES string of the molecule is CCC(N)c1ccc(OCCCCO)cc1. The van der Waals surface area contributed by atoms with Crippen LogP contribution >= 0.6 is 0 Å². The predicted octanol–water partition coefficient (Wildman–Crippen LogP) is 2.25. The fraction of sp³-hybridized carbons (Fsp3) is 0.538. The third-order valence-corrected chi connectivity index (χ3v) is 2.57. The number of hydrogen-bond acceptors (Lipinski definition) is 3. The van der Waals surface area contributed by atoms with Crippen molar-refractivity contribution in [2.75, 3.05) is 13.2 Å². The molecular weight excluding hydrogens is 202 g/mol. The van der Waals surface area contributed by atoms with E-state index < -0.39 is 0 Å². The molecule has 0 aromatic heterocycles. The van der Waals surface area contributed by atoms with Gasteiger partial charge in [-0.05, 0) is 37.0 Å². The monoisotopic (exact) mass is 223 g/mol. The molecule has 3 heteroatoms. The van der Waals surface area contributed by atoms with Gasteiger partial charge in [0.25, 0.3) is 0 Å². The highest BCUT2D eigenvalue weighted by Gasteiger charge is 2.02. The van der Waals surface area contributed by atoms with E-state index in [1.54, 1.807) is 0 Å². The van der Waals surface area contributed by atoms with Crippen LogP contribution < -0.4 is 10.5 Å². The fourth-order valence-electron chi connectivity index (χ4n) is 1.45. The van der Waals surface area contributed by atoms with Crippen LogP contribution in [-0.4, -0.2) is 18.3 Å². The van der Waals surface area contributed by atoms with Gasteiger partial charge in [0, 0.05) is 12.6 Å². The van der Waals surface area contributed by atoms with Crippen LogP contribution in [0, 0.1) is 0 Å². The average molecular weight is 223 g/mol. The molecule has 0 heterocycles. The van der Waals surface area contributed by atoms with Crippen LogP contribution in [0.3, 0.4) is 0 Å². The molecule has 0 aliphatic carbocycles. The summed E-state index contributed by atoms with van der Waals surface area (Å²) in [5, 5.41) is 8.62. The van der Waals surface area contributed by atoms with E-state index >= 15 is 0 Å². The standard InChI is InChI=1S/C13H21NO2/c1-2-13(14)11-5-7-12(8-6-11)16-10-4-3-9-15/h5-8,13,15H,2-4,9-10,14H2,1H3. The van der Waals surface area contributed by atoms with E-state index in [2.05, 4.69) is 6.92 Å². The Bertz CT molecular complexity index is 284. The van der Waals surface area contributed by atoms with Crippen molar-refractivity contribution in [3.05, 3.63) is 29.8 Å². The van der Waals surface area contributed by atoms with E-state index in [1.807, 2.05) is 24.3 Å². The molecule has 3 N–H and O–H groups in total. The van der Waals surface area contributed by atoms with Gasteiger partial charge in [0.05, 0.1) is 6.61 Å². The summed E-state index contributed by atoms with van der Waals surface area (Å²) in [5.74, 6) is 0.866. The molecule has 90 valence electrons. The van der Waals surface area contributed by atoms with E-state index in [0.29, 0.717) is 6.61 Å². The van der Waals surface area contributed by atoms with Crippen LogP contribution in [0.4, 0.5) is 0 Å². The van der Waals surface area contributed by atoms with E-state index in [0.717, 1.165) is 30.6 Å². The van der Waals surface area contributed by atoms with Gasteiger partial charge in [-0.3, -0.25) is 0 Å². The van der Waals surface area contributed by atoms with Crippen LogP contribution in [0.15, 0.2) is 24.3 Å². The van der Waals surface area contributed by atoms with Gasteiger partial charge < -0.3 is 15.6 Å². The molecule has 3 nitrogen and oxygen atoms in total. The largest absolute Gasteiger partial charge is 0.494 e. The highest BCUT2D eigenvalue weighted by molar-refractivity contribution is 5.28. The Morgan fingerprint density at radius 3 is 2.50 bits per heavy atom. The number of unbranched alkanes of at least 4 members (excludes halogenated alkanes) is 1. The van der Waals surface area contributed by atoms with Gasteiger partial charge in [0.2, 0.25) is 0 Å². The lowest BCUT2D eigenvalue weighted by atomic mass is 10.1. The molecule has 1 unspecified atom stereocenters. The van der Waals surface area contributed by atoms with Crippen molar-refractivity contribution < 1.29 is 9.84 Å². The molecule has 0 bridgehead atoms. The molecule has 1 aromatic rings. The topological polar surface area (TPSA) is 55.5 Å². The van der Waals surface area contributed by atoms with Crippen molar-refractivity contribution in [3.8, 4) is 5.75 Å². The van der Waals surface area contributed by atoms with Crippen molar-refractivity contribution in [2.24, 2.45) is 5.73 Å². The van der Waals surface area contributed by atoms with Crippen molar-refractivity contribution in [1.82, 2.24) is 0 Å². The first-order valence-electron chi connectivity index (χ1n) is 5.87. The third-order valence-electron chi connectivity index (χ3n) is 2.57. The highest BCUT2D eigenvalue weighted by atomic mass is 16.5. The summed E-state index contributed by atoms with van der Waals surface area (Å²) in [7, 11) is 0. The molecule has 0 spiro atoms. The summed E-state index contributed by atoms with van der Waals surface area (Å²) in [6.07, 6.45) is 2.61. The number of nitrogens with two attached hydrogens (primary N) is 1. The van der Waals surface area contributed by atoms with E-state index in [4.69, 9.17) is 15.6 Å². The quantitative estimate of drug-likeness (QED) is 0.697. The number of rotatable bonds is 7. The van der Waals surface area contributed by atoms with Crippen LogP contribution in [-0.2, 0) is 0 Å². The Hall–Kier alpha value is -1.06. The lowest BCUT2D eigenvalue weighted by Crippen LogP contribution is -2.08. The van der Waals surface area contributed by atoms with Crippen molar-refractivity contribution >= 4 is 0 Å². The lowest BCUT2D eigenvalue weighted by molar-refractivity contribution is 0.253. The zero-order valence-electron chi connectivity index (χ0n) is 9.86. The predicted molar refractivity (Wildman–Crippen MR) is 65.5 cm³/mol. The number of benzene rings is 1. The van der Waals surface area contributed by atoms with Crippen molar-refractivity contribution in [3.63, 3.8) is 0 Å². The van der Waals surface area contributed by atoms with E-state index in [9.17, 15) is 0 Å². The lowest BCUT2D eigenvalue weighted by Gasteiger charge is -2.10. The number of aliphatic hydroxyl groups is 1. The molecule has 0 saturated heterocycles. The molecule has 0 amide bonds. The fourth-order valence-corrected chi connectivity index (χ4v) is 1.45. The Kier molecular flexibility index (Phi) is 5.90. The third kappa shape index (κ3) is 4.21. The molecule has 0 aliphatic rings. The number of aliphatic hydroxyl groups excluding tert-OH is 1. The Morgan fingerprint density at radius 1 is 1.25 bits per heavy atom. The van der Waals surface area contributed by atoms with Crippen molar-refractivity contribution in [1.29, 1.82) is 0 Å². The molecule has 0 saturated carbocycles. The Morgan fingerprint density at radius 2 is 1.94 bits per heavy atom. The maximum atomic E-state index is 8.62. The smallest absolute Gasteiger partial charge is 0.119 e. The molecule has 0 fully saturated rings. The van der Waals surface area contributed by atoms with Gasteiger partial charge in [-0.2, -0.15) is 0 Å². The Balaban J connectivity index is 2.39. The Labute approximate surface area is 97.2 Å². The molecular formula is C13H21NO2. The normalized spacial score (nSPS) is 12.4. The summed E-state index contributed by atoms with van der Waals surface area (Å²) >= 11 is 0. The minimum atomic E-state index is 0.114. The summed E-state index contributed by atoms with van der Waals surface area (Å²) in [6, 6.07) is 8.03. The molecule has 16 heavy (non-hydrogen) atoms. The van der Waals surface area contributed by atoms with E-state index in [1.165, 1.54) is 0 Å². The minimum absolute atomic E-state index is 0.114. The van der Waals surface area contributed by atoms with Gasteiger partial charge in [-0.15, -0.1) is 0 Å². The zero-order chi connectivity index (χ0) is 11.8. The first-order chi connectivity index (χ1) is 7.77. The first kappa shape index (κ1) is 13.0. The summed E-state index contributed by atoms with van der Waals surface area (Å²) in [4.78, 5) is 0. The van der Waals surface area contributed by atoms with Crippen molar-refractivity contribution in [2.45, 2.75) is 32.2 Å². The number of ether oxygens (including phenoxy) is 1. The molecule has 0 radical (unpaired) electrons. The summed E-state index contributed by atoms with van der Waals surface area (Å²) in [6.45, 7) is 2.96. The maximum Gasteiger partial charge on any atom is 0.119 e.